The summed E-state index contributed by atoms with van der Waals surface area (Å²) in [4.78, 5) is 13.1. The average Bonchev–Trinajstić information content (AvgIpc) is 3.35. The van der Waals surface area contributed by atoms with Crippen LogP contribution in [-0.2, 0) is 9.53 Å². The first-order chi connectivity index (χ1) is 18.4. The van der Waals surface area contributed by atoms with Gasteiger partial charge in [-0.25, -0.2) is 4.79 Å². The number of carbonyl (C=O) groups excluding carboxylic acids is 1. The number of esters is 1. The maximum Gasteiger partial charge on any atom is 0.340 e. The molecule has 0 atom stereocenters. The molecule has 0 aliphatic carbocycles. The van der Waals surface area contributed by atoms with Crippen molar-refractivity contribution >= 4 is 29.5 Å². The number of thioether (sulfide) groups is 1. The van der Waals surface area contributed by atoms with E-state index < -0.39 is 5.97 Å². The van der Waals surface area contributed by atoms with Crippen molar-refractivity contribution in [2.24, 2.45) is 11.0 Å². The molecule has 0 N–H and O–H groups in total. The lowest BCUT2D eigenvalue weighted by Gasteiger charge is -2.16. The number of methoxy groups -OCH3 is 2. The Morgan fingerprint density at radius 1 is 1.08 bits per heavy atom. The molecule has 9 nitrogen and oxygen atoms in total. The molecule has 0 fully saturated rings. The predicted molar refractivity (Wildman–Crippen MR) is 148 cm³/mol. The van der Waals surface area contributed by atoms with Gasteiger partial charge in [-0.3, -0.25) is 0 Å². The summed E-state index contributed by atoms with van der Waals surface area (Å²) < 4.78 is 23.8. The van der Waals surface area contributed by atoms with Gasteiger partial charge in [0.15, 0.2) is 17.3 Å². The molecule has 0 saturated heterocycles. The molecule has 0 bridgehead atoms. The van der Waals surface area contributed by atoms with Crippen LogP contribution in [0.15, 0.2) is 58.3 Å². The Morgan fingerprint density at radius 3 is 2.55 bits per heavy atom. The summed E-state index contributed by atoms with van der Waals surface area (Å²) in [6, 6.07) is 13.1. The number of rotatable bonds is 11. The normalized spacial score (nSPS) is 13.1. The molecule has 0 unspecified atom stereocenters. The second-order valence-electron chi connectivity index (χ2n) is 8.90. The third kappa shape index (κ3) is 6.36. The van der Waals surface area contributed by atoms with E-state index in [1.54, 1.807) is 31.9 Å². The minimum Gasteiger partial charge on any atom is -0.497 e. The first-order valence-corrected chi connectivity index (χ1v) is 13.4. The van der Waals surface area contributed by atoms with Crippen LogP contribution in [0.5, 0.6) is 17.2 Å². The minimum atomic E-state index is -0.453. The van der Waals surface area contributed by atoms with Gasteiger partial charge < -0.3 is 18.9 Å². The largest absolute Gasteiger partial charge is 0.497 e. The molecule has 0 amide bonds. The van der Waals surface area contributed by atoms with Gasteiger partial charge in [0.1, 0.15) is 5.75 Å². The fraction of sp³-hybridized carbons (Fsp3) is 0.357. The van der Waals surface area contributed by atoms with E-state index in [0.717, 1.165) is 23.3 Å². The maximum atomic E-state index is 13.1. The van der Waals surface area contributed by atoms with Gasteiger partial charge in [0.2, 0.25) is 5.16 Å². The summed E-state index contributed by atoms with van der Waals surface area (Å²) in [5.74, 6) is 3.09. The highest BCUT2D eigenvalue weighted by Gasteiger charge is 2.26. The van der Waals surface area contributed by atoms with E-state index in [0.29, 0.717) is 52.0 Å². The van der Waals surface area contributed by atoms with E-state index >= 15 is 0 Å². The molecule has 38 heavy (non-hydrogen) atoms. The van der Waals surface area contributed by atoms with E-state index in [1.165, 1.54) is 11.8 Å². The zero-order valence-electron chi connectivity index (χ0n) is 22.3. The smallest absolute Gasteiger partial charge is 0.340 e. The molecular formula is C28H32N4O5S. The Kier molecular flexibility index (Phi) is 9.06. The first kappa shape index (κ1) is 27.3. The molecule has 3 aromatic rings. The van der Waals surface area contributed by atoms with Crippen molar-refractivity contribution in [2.75, 3.05) is 33.2 Å². The summed E-state index contributed by atoms with van der Waals surface area (Å²) in [6.45, 7) is 6.93. The van der Waals surface area contributed by atoms with E-state index in [1.807, 2.05) is 42.5 Å². The summed E-state index contributed by atoms with van der Waals surface area (Å²) in [7, 11) is 3.22. The van der Waals surface area contributed by atoms with Gasteiger partial charge >= 0.3 is 5.97 Å². The molecule has 4 rings (SSSR count). The molecule has 1 aromatic heterocycles. The Balaban J connectivity index is 1.69. The highest BCUT2D eigenvalue weighted by atomic mass is 32.2. The van der Waals surface area contributed by atoms with Gasteiger partial charge in [0, 0.05) is 11.3 Å². The number of carbonyl (C=O) groups is 1. The number of fused-ring (bicyclic) bond motifs is 1. The third-order valence-electron chi connectivity index (χ3n) is 5.78. The van der Waals surface area contributed by atoms with Crippen LogP contribution in [0, 0.1) is 5.92 Å². The van der Waals surface area contributed by atoms with Crippen LogP contribution in [0.2, 0.25) is 0 Å². The summed E-state index contributed by atoms with van der Waals surface area (Å²) in [6.07, 6.45) is 2.71. The number of aromatic nitrogens is 3. The molecule has 200 valence electrons. The van der Waals surface area contributed by atoms with Gasteiger partial charge in [-0.05, 0) is 67.3 Å². The molecule has 1 aliphatic heterocycles. The summed E-state index contributed by atoms with van der Waals surface area (Å²) in [5.41, 5.74) is 2.51. The van der Waals surface area contributed by atoms with Crippen LogP contribution in [0.1, 0.15) is 32.8 Å². The highest BCUT2D eigenvalue weighted by molar-refractivity contribution is 7.99. The van der Waals surface area contributed by atoms with Crippen molar-refractivity contribution in [2.45, 2.75) is 32.3 Å². The van der Waals surface area contributed by atoms with Crippen molar-refractivity contribution in [3.8, 4) is 28.6 Å². The Bertz CT molecular complexity index is 1330. The van der Waals surface area contributed by atoms with Crippen molar-refractivity contribution in [1.29, 1.82) is 0 Å². The lowest BCUT2D eigenvalue weighted by Crippen LogP contribution is -2.21. The highest BCUT2D eigenvalue weighted by Crippen LogP contribution is 2.32. The quantitative estimate of drug-likeness (QED) is 0.239. The first-order valence-electron chi connectivity index (χ1n) is 12.4. The fourth-order valence-corrected chi connectivity index (χ4v) is 4.54. The number of hydrogen-bond donors (Lipinski definition) is 0. The van der Waals surface area contributed by atoms with E-state index in [-0.39, 0.29) is 6.61 Å². The number of ether oxygens (including phenoxy) is 4. The van der Waals surface area contributed by atoms with Gasteiger partial charge in [0.25, 0.3) is 0 Å². The van der Waals surface area contributed by atoms with Crippen molar-refractivity contribution < 1.29 is 23.7 Å². The second-order valence-corrected chi connectivity index (χ2v) is 9.84. The van der Waals surface area contributed by atoms with Gasteiger partial charge in [-0.1, -0.05) is 31.7 Å². The molecule has 0 radical (unpaired) electrons. The van der Waals surface area contributed by atoms with Crippen LogP contribution in [-0.4, -0.2) is 59.7 Å². The molecule has 2 aromatic carbocycles. The Hall–Kier alpha value is -3.79. The zero-order chi connectivity index (χ0) is 27.1. The number of nitrogens with zero attached hydrogens (tertiary/aromatic N) is 4. The third-order valence-corrected chi connectivity index (χ3v) is 6.71. The second kappa shape index (κ2) is 12.6. The molecule has 1 aliphatic rings. The van der Waals surface area contributed by atoms with Crippen molar-refractivity contribution in [3.05, 3.63) is 53.6 Å². The van der Waals surface area contributed by atoms with E-state index in [9.17, 15) is 4.79 Å². The predicted octanol–water partition coefficient (Wildman–Crippen LogP) is 5.34. The summed E-state index contributed by atoms with van der Waals surface area (Å²) in [5, 5.41) is 14.0. The van der Waals surface area contributed by atoms with E-state index in [2.05, 4.69) is 24.0 Å². The van der Waals surface area contributed by atoms with Crippen LogP contribution in [0.25, 0.3) is 17.5 Å². The van der Waals surface area contributed by atoms with Gasteiger partial charge in [-0.2, -0.15) is 9.78 Å². The monoisotopic (exact) mass is 536 g/mol. The minimum absolute atomic E-state index is 0.248. The van der Waals surface area contributed by atoms with Crippen LogP contribution in [0.4, 0.5) is 0 Å². The lowest BCUT2D eigenvalue weighted by molar-refractivity contribution is -0.137. The summed E-state index contributed by atoms with van der Waals surface area (Å²) >= 11 is 1.46. The number of hydrogen-bond acceptors (Lipinski definition) is 9. The topological polar surface area (TPSA) is 97.1 Å². The van der Waals surface area contributed by atoms with Crippen LogP contribution >= 0.6 is 11.8 Å². The van der Waals surface area contributed by atoms with E-state index in [4.69, 9.17) is 24.0 Å². The van der Waals surface area contributed by atoms with Gasteiger partial charge in [0.05, 0.1) is 38.7 Å². The van der Waals surface area contributed by atoms with Crippen LogP contribution in [0.3, 0.4) is 0 Å². The molecule has 2 heterocycles. The SMILES string of the molecule is CCOC(=O)/C(=C\c1ccc(OCCC(C)C)c(OC)c1)C1=Nn2c(nnc2-c2ccc(OC)cc2)SC1. The molecular weight excluding hydrogens is 504 g/mol. The maximum absolute atomic E-state index is 13.1. The molecule has 10 heteroatoms. The van der Waals surface area contributed by atoms with Crippen LogP contribution < -0.4 is 14.2 Å². The molecule has 0 saturated carbocycles. The number of benzene rings is 2. The molecule has 0 spiro atoms. The lowest BCUT2D eigenvalue weighted by atomic mass is 10.1. The Morgan fingerprint density at radius 2 is 1.87 bits per heavy atom. The van der Waals surface area contributed by atoms with Crippen molar-refractivity contribution in [1.82, 2.24) is 14.9 Å². The fourth-order valence-electron chi connectivity index (χ4n) is 3.71. The van der Waals surface area contributed by atoms with Gasteiger partial charge in [-0.15, -0.1) is 10.2 Å². The Labute approximate surface area is 226 Å². The van der Waals surface area contributed by atoms with Crippen molar-refractivity contribution in [3.63, 3.8) is 0 Å². The zero-order valence-corrected chi connectivity index (χ0v) is 23.1. The average molecular weight is 537 g/mol. The standard InChI is InChI=1S/C28H32N4O5S/c1-6-36-27(33)22(15-19-7-12-24(25(16-19)35-5)37-14-13-18(2)3)23-17-38-28-30-29-26(32(28)31-23)20-8-10-21(34-4)11-9-20/h7-12,15-16,18H,6,13-14,17H2,1-5H3/b22-15-.